The molecule has 0 spiro atoms. The molecule has 1 heterocycles. The van der Waals surface area contributed by atoms with Crippen molar-refractivity contribution >= 4 is 15.9 Å². The van der Waals surface area contributed by atoms with Crippen molar-refractivity contribution in [1.82, 2.24) is 20.1 Å². The lowest BCUT2D eigenvalue weighted by atomic mass is 9.75. The molecule has 1 N–H and O–H groups in total. The number of halogens is 2. The van der Waals surface area contributed by atoms with E-state index in [0.717, 1.165) is 25.8 Å². The molecule has 3 rings (SSSR count). The van der Waals surface area contributed by atoms with Gasteiger partial charge in [0.05, 0.1) is 11.0 Å². The minimum absolute atomic E-state index is 0.198. The van der Waals surface area contributed by atoms with E-state index >= 15 is 0 Å². The minimum Gasteiger partial charge on any atom is -0.309 e. The molecule has 22 heavy (non-hydrogen) atoms. The molecule has 1 aromatic carbocycles. The molecular weight excluding hydrogens is 347 g/mol. The lowest BCUT2D eigenvalue weighted by Gasteiger charge is -2.38. The SMILES string of the molecule is CCC(Cn1cncn1)NC1CC(c2ccc(F)c(Br)c2)C1. The summed E-state index contributed by atoms with van der Waals surface area (Å²) in [7, 11) is 0. The van der Waals surface area contributed by atoms with Crippen LogP contribution >= 0.6 is 15.9 Å². The quantitative estimate of drug-likeness (QED) is 0.850. The first-order chi connectivity index (χ1) is 10.7. The van der Waals surface area contributed by atoms with Crippen molar-refractivity contribution < 1.29 is 4.39 Å². The van der Waals surface area contributed by atoms with Gasteiger partial charge >= 0.3 is 0 Å². The summed E-state index contributed by atoms with van der Waals surface area (Å²) in [6.45, 7) is 3.03. The van der Waals surface area contributed by atoms with E-state index in [1.807, 2.05) is 16.8 Å². The fourth-order valence-corrected chi connectivity index (χ4v) is 3.37. The summed E-state index contributed by atoms with van der Waals surface area (Å²) in [5, 5.41) is 7.85. The van der Waals surface area contributed by atoms with Crippen molar-refractivity contribution in [3.05, 3.63) is 46.7 Å². The maximum atomic E-state index is 13.3. The van der Waals surface area contributed by atoms with Gasteiger partial charge in [-0.2, -0.15) is 5.10 Å². The molecule has 1 fully saturated rings. The lowest BCUT2D eigenvalue weighted by Crippen LogP contribution is -2.46. The number of hydrogen-bond acceptors (Lipinski definition) is 3. The molecule has 2 aromatic rings. The van der Waals surface area contributed by atoms with E-state index in [4.69, 9.17) is 0 Å². The Balaban J connectivity index is 1.51. The first kappa shape index (κ1) is 15.6. The summed E-state index contributed by atoms with van der Waals surface area (Å²) in [5.74, 6) is 0.329. The maximum Gasteiger partial charge on any atom is 0.137 e. The van der Waals surface area contributed by atoms with Gasteiger partial charge in [0.1, 0.15) is 18.5 Å². The summed E-state index contributed by atoms with van der Waals surface area (Å²) in [6, 6.07) is 6.28. The maximum absolute atomic E-state index is 13.3. The molecule has 1 aliphatic carbocycles. The average Bonchev–Trinajstić information content (AvgIpc) is 2.97. The van der Waals surface area contributed by atoms with Crippen LogP contribution in [0.3, 0.4) is 0 Å². The topological polar surface area (TPSA) is 42.7 Å². The van der Waals surface area contributed by atoms with E-state index in [1.54, 1.807) is 18.7 Å². The number of hydrogen-bond donors (Lipinski definition) is 1. The van der Waals surface area contributed by atoms with Gasteiger partial charge < -0.3 is 5.32 Å². The molecule has 0 bridgehead atoms. The molecule has 1 aliphatic rings. The van der Waals surface area contributed by atoms with Crippen LogP contribution in [0.2, 0.25) is 0 Å². The van der Waals surface area contributed by atoms with Gasteiger partial charge in [0.25, 0.3) is 0 Å². The van der Waals surface area contributed by atoms with Crippen LogP contribution in [0.15, 0.2) is 35.3 Å². The highest BCUT2D eigenvalue weighted by Crippen LogP contribution is 2.38. The molecule has 1 aromatic heterocycles. The molecule has 0 aliphatic heterocycles. The molecule has 4 nitrogen and oxygen atoms in total. The van der Waals surface area contributed by atoms with Crippen LogP contribution in [0.4, 0.5) is 4.39 Å². The van der Waals surface area contributed by atoms with Gasteiger partial charge in [-0.15, -0.1) is 0 Å². The van der Waals surface area contributed by atoms with Crippen molar-refractivity contribution in [2.75, 3.05) is 0 Å². The lowest BCUT2D eigenvalue weighted by molar-refractivity contribution is 0.248. The van der Waals surface area contributed by atoms with E-state index in [9.17, 15) is 4.39 Å². The number of rotatable bonds is 6. The van der Waals surface area contributed by atoms with E-state index in [0.29, 0.717) is 22.5 Å². The molecular formula is C16H20BrFN4. The van der Waals surface area contributed by atoms with Crippen molar-refractivity contribution in [1.29, 1.82) is 0 Å². The third-order valence-corrected chi connectivity index (χ3v) is 5.00. The highest BCUT2D eigenvalue weighted by molar-refractivity contribution is 9.10. The number of benzene rings is 1. The zero-order valence-corrected chi connectivity index (χ0v) is 14.1. The molecule has 1 atom stereocenters. The Bertz CT molecular complexity index is 611. The van der Waals surface area contributed by atoms with Gasteiger partial charge in [-0.05, 0) is 58.8 Å². The van der Waals surface area contributed by atoms with E-state index in [2.05, 4.69) is 38.3 Å². The Morgan fingerprint density at radius 1 is 1.45 bits per heavy atom. The van der Waals surface area contributed by atoms with Gasteiger partial charge in [0.15, 0.2) is 0 Å². The molecule has 0 amide bonds. The number of aromatic nitrogens is 3. The molecule has 0 radical (unpaired) electrons. The summed E-state index contributed by atoms with van der Waals surface area (Å²) in [5.41, 5.74) is 1.22. The Kier molecular flexibility index (Phi) is 4.88. The van der Waals surface area contributed by atoms with E-state index in [1.165, 1.54) is 5.56 Å². The normalized spacial score (nSPS) is 22.3. The van der Waals surface area contributed by atoms with Crippen molar-refractivity contribution in [3.63, 3.8) is 0 Å². The predicted octanol–water partition coefficient (Wildman–Crippen LogP) is 3.49. The van der Waals surface area contributed by atoms with Crippen molar-refractivity contribution in [2.45, 2.75) is 50.7 Å². The second kappa shape index (κ2) is 6.87. The fraction of sp³-hybridized carbons (Fsp3) is 0.500. The van der Waals surface area contributed by atoms with Crippen LogP contribution in [-0.2, 0) is 6.54 Å². The molecule has 6 heteroatoms. The Morgan fingerprint density at radius 2 is 2.27 bits per heavy atom. The summed E-state index contributed by atoms with van der Waals surface area (Å²) >= 11 is 3.26. The zero-order valence-electron chi connectivity index (χ0n) is 12.5. The Labute approximate surface area is 138 Å². The van der Waals surface area contributed by atoms with Crippen LogP contribution in [0, 0.1) is 5.82 Å². The number of nitrogens with one attached hydrogen (secondary N) is 1. The minimum atomic E-state index is -0.198. The number of nitrogens with zero attached hydrogens (tertiary/aromatic N) is 3. The summed E-state index contributed by atoms with van der Waals surface area (Å²) in [6.07, 6.45) is 6.59. The molecule has 1 unspecified atom stereocenters. The average molecular weight is 367 g/mol. The summed E-state index contributed by atoms with van der Waals surface area (Å²) < 4.78 is 15.7. The Hall–Kier alpha value is -1.27. The second-order valence-corrected chi connectivity index (χ2v) is 6.78. The van der Waals surface area contributed by atoms with Crippen molar-refractivity contribution in [3.8, 4) is 0 Å². The van der Waals surface area contributed by atoms with Crippen LogP contribution in [-0.4, -0.2) is 26.8 Å². The van der Waals surface area contributed by atoms with Gasteiger partial charge in [0.2, 0.25) is 0 Å². The van der Waals surface area contributed by atoms with Crippen LogP contribution < -0.4 is 5.32 Å². The largest absolute Gasteiger partial charge is 0.309 e. The third-order valence-electron chi connectivity index (χ3n) is 4.39. The first-order valence-electron chi connectivity index (χ1n) is 7.69. The highest BCUT2D eigenvalue weighted by Gasteiger charge is 2.31. The zero-order chi connectivity index (χ0) is 15.5. The second-order valence-electron chi connectivity index (χ2n) is 5.93. The summed E-state index contributed by atoms with van der Waals surface area (Å²) in [4.78, 5) is 3.98. The molecule has 0 saturated heterocycles. The van der Waals surface area contributed by atoms with Gasteiger partial charge in [-0.1, -0.05) is 13.0 Å². The standard InChI is InChI=1S/C16H20BrFN4/c1-2-13(8-22-10-19-9-20-22)21-14-5-12(6-14)11-3-4-16(18)15(17)7-11/h3-4,7,9-10,12-14,21H,2,5-6,8H2,1H3. The van der Waals surface area contributed by atoms with Crippen LogP contribution in [0.25, 0.3) is 0 Å². The van der Waals surface area contributed by atoms with E-state index < -0.39 is 0 Å². The molecule has 118 valence electrons. The van der Waals surface area contributed by atoms with E-state index in [-0.39, 0.29) is 5.82 Å². The smallest absolute Gasteiger partial charge is 0.137 e. The fourth-order valence-electron chi connectivity index (χ4n) is 2.98. The van der Waals surface area contributed by atoms with Gasteiger partial charge in [-0.3, -0.25) is 4.68 Å². The third kappa shape index (κ3) is 3.55. The highest BCUT2D eigenvalue weighted by atomic mass is 79.9. The van der Waals surface area contributed by atoms with Crippen molar-refractivity contribution in [2.24, 2.45) is 0 Å². The van der Waals surface area contributed by atoms with Gasteiger partial charge in [0, 0.05) is 12.1 Å². The van der Waals surface area contributed by atoms with Gasteiger partial charge in [-0.25, -0.2) is 9.37 Å². The Morgan fingerprint density at radius 3 is 2.91 bits per heavy atom. The van der Waals surface area contributed by atoms with Crippen LogP contribution in [0.1, 0.15) is 37.7 Å². The first-order valence-corrected chi connectivity index (χ1v) is 8.48. The predicted molar refractivity (Wildman–Crippen MR) is 87.1 cm³/mol. The monoisotopic (exact) mass is 366 g/mol. The molecule has 1 saturated carbocycles. The van der Waals surface area contributed by atoms with Crippen LogP contribution in [0.5, 0.6) is 0 Å².